The van der Waals surface area contributed by atoms with Crippen LogP contribution in [0.5, 0.6) is 0 Å². The third-order valence-corrected chi connectivity index (χ3v) is 0. The van der Waals surface area contributed by atoms with Gasteiger partial charge in [-0.1, -0.05) is 0 Å². The molecule has 9 radical (unpaired) electrons. The molecular weight excluding hydrogens is 303 g/mol. The summed E-state index contributed by atoms with van der Waals surface area (Å²) in [7, 11) is 0. The largest absolute Gasteiger partial charge is 0.0149 e. The zero-order chi connectivity index (χ0) is 0. The van der Waals surface area contributed by atoms with Crippen molar-refractivity contribution < 1.29 is 0 Å². The fraction of sp³-hybridized carbons (Fsp3) is 0. The molecule has 4 heteroatoms. The van der Waals surface area contributed by atoms with Gasteiger partial charge in [-0.05, 0) is 11.0 Å². The van der Waals surface area contributed by atoms with Crippen molar-refractivity contribution in [2.24, 2.45) is 0 Å². The van der Waals surface area contributed by atoms with E-state index in [9.17, 15) is 0 Å². The van der Waals surface area contributed by atoms with E-state index in [0.29, 0.717) is 0 Å². The van der Waals surface area contributed by atoms with Gasteiger partial charge in [0, 0.05) is 59.2 Å². The summed E-state index contributed by atoms with van der Waals surface area (Å²) in [6.07, 6.45) is 0. The minimum Gasteiger partial charge on any atom is -0.0149 e. The summed E-state index contributed by atoms with van der Waals surface area (Å²) in [6.45, 7) is 0. The minimum absolute atomic E-state index is 0. The SMILES string of the molecule is [As].[Ge].[SiH4].[Te]. The van der Waals surface area contributed by atoms with E-state index in [1.54, 1.807) is 0 Å². The average Bonchev–Trinajstić information content (AvgIpc) is 0. The first-order valence-electron chi connectivity index (χ1n) is 0. The van der Waals surface area contributed by atoms with Crippen molar-refractivity contribution >= 4 is 70.2 Å². The summed E-state index contributed by atoms with van der Waals surface area (Å²) in [4.78, 5) is 0. The van der Waals surface area contributed by atoms with Gasteiger partial charge in [0.2, 0.25) is 0 Å². The molecule has 0 saturated heterocycles. The summed E-state index contributed by atoms with van der Waals surface area (Å²) < 4.78 is 0. The summed E-state index contributed by atoms with van der Waals surface area (Å²) in [5, 5.41) is 0. The van der Waals surface area contributed by atoms with Crippen molar-refractivity contribution in [3.63, 3.8) is 0 Å². The zero-order valence-corrected chi connectivity index (χ0v) is 7.66. The molecule has 0 nitrogen and oxygen atoms in total. The molecular formula is H4AsGeSiTe. The fourth-order valence-electron chi connectivity index (χ4n) is 0. The number of hydrogen-bond acceptors (Lipinski definition) is 0. The number of rotatable bonds is 0. The molecule has 0 saturated carbocycles. The van der Waals surface area contributed by atoms with Crippen LogP contribution in [-0.4, -0.2) is 70.2 Å². The molecule has 0 rings (SSSR count). The Morgan fingerprint density at radius 1 is 1.00 bits per heavy atom. The Morgan fingerprint density at radius 3 is 1.00 bits per heavy atom. The van der Waals surface area contributed by atoms with Crippen molar-refractivity contribution in [2.75, 3.05) is 0 Å². The van der Waals surface area contributed by atoms with Crippen LogP contribution in [0.25, 0.3) is 0 Å². The second-order valence-corrected chi connectivity index (χ2v) is 0. The van der Waals surface area contributed by atoms with Gasteiger partial charge in [-0.25, -0.2) is 0 Å². The Labute approximate surface area is 69.5 Å². The van der Waals surface area contributed by atoms with Crippen LogP contribution < -0.4 is 0 Å². The van der Waals surface area contributed by atoms with Gasteiger partial charge in [-0.3, -0.25) is 0 Å². The molecule has 0 heterocycles. The van der Waals surface area contributed by atoms with Crippen LogP contribution in [0.2, 0.25) is 0 Å². The van der Waals surface area contributed by atoms with Crippen LogP contribution >= 0.6 is 0 Å². The summed E-state index contributed by atoms with van der Waals surface area (Å²) in [5.41, 5.74) is 0. The molecule has 23 valence electrons. The van der Waals surface area contributed by atoms with E-state index in [1.807, 2.05) is 0 Å². The molecule has 0 amide bonds. The van der Waals surface area contributed by atoms with E-state index in [-0.39, 0.29) is 70.2 Å². The van der Waals surface area contributed by atoms with Crippen molar-refractivity contribution in [3.05, 3.63) is 0 Å². The van der Waals surface area contributed by atoms with Gasteiger partial charge in [0.1, 0.15) is 0 Å². The van der Waals surface area contributed by atoms with Gasteiger partial charge in [0.25, 0.3) is 0 Å². The van der Waals surface area contributed by atoms with E-state index < -0.39 is 0 Å². The predicted molar refractivity (Wildman–Crippen MR) is 28.6 cm³/mol. The molecule has 0 aliphatic carbocycles. The van der Waals surface area contributed by atoms with E-state index in [2.05, 4.69) is 0 Å². The molecule has 0 fully saturated rings. The maximum atomic E-state index is 0. The van der Waals surface area contributed by atoms with Crippen LogP contribution in [0.3, 0.4) is 0 Å². The van der Waals surface area contributed by atoms with Gasteiger partial charge < -0.3 is 0 Å². The van der Waals surface area contributed by atoms with Crippen LogP contribution in [0.1, 0.15) is 0 Å². The Bertz CT molecular complexity index is 8.00. The van der Waals surface area contributed by atoms with Gasteiger partial charge in [-0.15, -0.1) is 0 Å². The van der Waals surface area contributed by atoms with E-state index in [1.165, 1.54) is 0 Å². The second kappa shape index (κ2) is 19.4. The van der Waals surface area contributed by atoms with E-state index in [4.69, 9.17) is 0 Å². The maximum absolute atomic E-state index is 0. The monoisotopic (exact) mass is 311 g/mol. The molecule has 0 aromatic rings. The normalized spacial score (nSPS) is 0. The van der Waals surface area contributed by atoms with Crippen LogP contribution in [0.15, 0.2) is 0 Å². The Morgan fingerprint density at radius 2 is 1.00 bits per heavy atom. The van der Waals surface area contributed by atoms with Crippen molar-refractivity contribution in [1.82, 2.24) is 0 Å². The summed E-state index contributed by atoms with van der Waals surface area (Å²) >= 11 is 0. The third-order valence-electron chi connectivity index (χ3n) is 0. The van der Waals surface area contributed by atoms with E-state index >= 15 is 0 Å². The molecule has 0 atom stereocenters. The maximum Gasteiger partial charge on any atom is 0 e. The van der Waals surface area contributed by atoms with Gasteiger partial charge in [-0.2, -0.15) is 0 Å². The first kappa shape index (κ1) is 35.9. The van der Waals surface area contributed by atoms with Crippen molar-refractivity contribution in [2.45, 2.75) is 0 Å². The first-order valence-corrected chi connectivity index (χ1v) is 0. The van der Waals surface area contributed by atoms with Gasteiger partial charge >= 0.3 is 0 Å². The minimum atomic E-state index is 0. The quantitative estimate of drug-likeness (QED) is 0.431. The Kier molecular flexibility index (Phi) is 174. The predicted octanol–water partition coefficient (Wildman–Crippen LogP) is -2.59. The van der Waals surface area contributed by atoms with Crippen molar-refractivity contribution in [3.8, 4) is 0 Å². The van der Waals surface area contributed by atoms with Crippen LogP contribution in [0.4, 0.5) is 0 Å². The topological polar surface area (TPSA) is 0 Å². The molecule has 0 aromatic carbocycles. The third kappa shape index (κ3) is 8.93. The molecule has 0 bridgehead atoms. The fourth-order valence-corrected chi connectivity index (χ4v) is 0. The molecule has 0 spiro atoms. The van der Waals surface area contributed by atoms with Crippen LogP contribution in [0, 0.1) is 0 Å². The average molecular weight is 307 g/mol. The first-order chi connectivity index (χ1) is 0. The molecule has 0 aromatic heterocycles. The Hall–Kier alpha value is 2.11. The summed E-state index contributed by atoms with van der Waals surface area (Å²) in [6, 6.07) is 0. The Balaban J connectivity index is 0. The molecule has 0 aliphatic heterocycles. The van der Waals surface area contributed by atoms with Gasteiger partial charge in [0.05, 0.1) is 0 Å². The smallest absolute Gasteiger partial charge is 0 e. The molecule has 0 N–H and O–H groups in total. The number of hydrogen-bond donors (Lipinski definition) is 0. The van der Waals surface area contributed by atoms with Crippen LogP contribution in [-0.2, 0) is 0 Å². The summed E-state index contributed by atoms with van der Waals surface area (Å²) in [5.74, 6) is 0. The molecule has 4 heavy (non-hydrogen) atoms. The standard InChI is InChI=1S/As.Ge.H4Si.Te/h;;1H4;. The molecule has 0 aliphatic rings. The van der Waals surface area contributed by atoms with E-state index in [0.717, 1.165) is 0 Å². The molecule has 0 unspecified atom stereocenters. The van der Waals surface area contributed by atoms with Gasteiger partial charge in [0.15, 0.2) is 0 Å². The van der Waals surface area contributed by atoms with Crippen molar-refractivity contribution in [1.29, 1.82) is 0 Å². The zero-order valence-electron chi connectivity index (χ0n) is 1.36. The second-order valence-electron chi connectivity index (χ2n) is 0.